The summed E-state index contributed by atoms with van der Waals surface area (Å²) in [5.41, 5.74) is 0. The van der Waals surface area contributed by atoms with E-state index < -0.39 is 0 Å². The third-order valence-electron chi connectivity index (χ3n) is 11.6. The second-order valence-electron chi connectivity index (χ2n) is 17.2. The first-order valence-corrected chi connectivity index (χ1v) is 26.0. The zero-order chi connectivity index (χ0) is 40.1. The minimum atomic E-state index is -0.354. The molecule has 0 amide bonds. The van der Waals surface area contributed by atoms with Gasteiger partial charge in [-0.15, -0.1) is 11.8 Å². The molecule has 0 bridgehead atoms. The van der Waals surface area contributed by atoms with E-state index in [1.165, 1.54) is 243 Å². The first-order chi connectivity index (χ1) is 27.0. The van der Waals surface area contributed by atoms with E-state index in [9.17, 15) is 9.59 Å². The smallest absolute Gasteiger partial charge is 0.318 e. The van der Waals surface area contributed by atoms with Gasteiger partial charge in [-0.2, -0.15) is 0 Å². The van der Waals surface area contributed by atoms with Gasteiger partial charge in [0.05, 0.1) is 13.2 Å². The van der Waals surface area contributed by atoms with Crippen LogP contribution in [-0.4, -0.2) is 35.7 Å². The molecule has 55 heavy (non-hydrogen) atoms. The fraction of sp³-hybridized carbons (Fsp3) is 0.960. The van der Waals surface area contributed by atoms with Crippen LogP contribution in [0.3, 0.4) is 0 Å². The average molecular weight is 795 g/mol. The lowest BCUT2D eigenvalue weighted by Gasteiger charge is -2.16. The van der Waals surface area contributed by atoms with Crippen LogP contribution in [0.25, 0.3) is 0 Å². The van der Waals surface area contributed by atoms with Crippen LogP contribution in [0.15, 0.2) is 0 Å². The second-order valence-corrected chi connectivity index (χ2v) is 18.9. The van der Waals surface area contributed by atoms with E-state index in [2.05, 4.69) is 13.8 Å². The average Bonchev–Trinajstić information content (AvgIpc) is 3.18. The Morgan fingerprint density at radius 2 is 0.473 bits per heavy atom. The van der Waals surface area contributed by atoms with E-state index in [4.69, 9.17) is 9.47 Å². The zero-order valence-electron chi connectivity index (χ0n) is 37.9. The highest BCUT2D eigenvalue weighted by molar-refractivity contribution is 8.01. The number of hydrogen-bond donors (Lipinski definition) is 0. The summed E-state index contributed by atoms with van der Waals surface area (Å²) >= 11 is 1.35. The van der Waals surface area contributed by atoms with Gasteiger partial charge in [-0.1, -0.05) is 258 Å². The number of rotatable bonds is 46. The second kappa shape index (κ2) is 46.0. The minimum absolute atomic E-state index is 0.212. The third kappa shape index (κ3) is 42.7. The molecule has 328 valence electrons. The van der Waals surface area contributed by atoms with Gasteiger partial charge in [0.25, 0.3) is 0 Å². The molecule has 0 radical (unpaired) electrons. The molecular weight excluding hydrogens is 697 g/mol. The standard InChI is InChI=1S/C50H98O4S/c1-5-7-9-11-13-15-17-19-21-23-25-27-29-31-33-35-37-39-41-43-45-53-49(51)47(3)55-48(4)50(52)54-46-44-42-40-38-36-34-32-30-28-26-24-22-20-18-16-14-12-10-8-6-2/h47-48H,5-46H2,1-4H3. The zero-order valence-corrected chi connectivity index (χ0v) is 38.7. The van der Waals surface area contributed by atoms with Crippen molar-refractivity contribution in [2.45, 2.75) is 295 Å². The summed E-state index contributed by atoms with van der Waals surface area (Å²) in [4.78, 5) is 24.9. The van der Waals surface area contributed by atoms with E-state index >= 15 is 0 Å². The monoisotopic (exact) mass is 795 g/mol. The molecule has 0 aliphatic carbocycles. The molecule has 0 saturated carbocycles. The predicted molar refractivity (Wildman–Crippen MR) is 244 cm³/mol. The maximum atomic E-state index is 12.5. The molecule has 2 unspecified atom stereocenters. The highest BCUT2D eigenvalue weighted by Gasteiger charge is 2.23. The van der Waals surface area contributed by atoms with E-state index in [1.807, 2.05) is 13.8 Å². The SMILES string of the molecule is CCCCCCCCCCCCCCCCCCCCCCOC(=O)C(C)SC(C)C(=O)OCCCCCCCCCCCCCCCCCCCCCC. The van der Waals surface area contributed by atoms with Crippen molar-refractivity contribution < 1.29 is 19.1 Å². The fourth-order valence-corrected chi connectivity index (χ4v) is 8.68. The lowest BCUT2D eigenvalue weighted by atomic mass is 10.0. The number of carbonyl (C=O) groups excluding carboxylic acids is 2. The molecule has 0 spiro atoms. The van der Waals surface area contributed by atoms with Gasteiger partial charge in [0.15, 0.2) is 0 Å². The maximum Gasteiger partial charge on any atom is 0.318 e. The van der Waals surface area contributed by atoms with E-state index in [0.29, 0.717) is 13.2 Å². The van der Waals surface area contributed by atoms with Gasteiger partial charge >= 0.3 is 11.9 Å². The summed E-state index contributed by atoms with van der Waals surface area (Å²) in [6.07, 6.45) is 54.4. The molecule has 0 aromatic carbocycles. The van der Waals surface area contributed by atoms with Crippen molar-refractivity contribution in [2.75, 3.05) is 13.2 Å². The Kier molecular flexibility index (Phi) is 45.4. The van der Waals surface area contributed by atoms with Crippen molar-refractivity contribution in [3.63, 3.8) is 0 Å². The number of hydrogen-bond acceptors (Lipinski definition) is 5. The molecule has 0 aliphatic heterocycles. The van der Waals surface area contributed by atoms with E-state index in [1.54, 1.807) is 0 Å². The maximum absolute atomic E-state index is 12.5. The first-order valence-electron chi connectivity index (χ1n) is 25.0. The van der Waals surface area contributed by atoms with Crippen LogP contribution >= 0.6 is 11.8 Å². The normalized spacial score (nSPS) is 12.6. The Labute approximate surface area is 349 Å². The Morgan fingerprint density at radius 3 is 0.655 bits per heavy atom. The van der Waals surface area contributed by atoms with Crippen LogP contribution in [0, 0.1) is 0 Å². The third-order valence-corrected chi connectivity index (χ3v) is 12.8. The predicted octanol–water partition coefficient (Wildman–Crippen LogP) is 17.2. The summed E-state index contributed by atoms with van der Waals surface area (Å²) in [6.45, 7) is 9.24. The molecule has 0 fully saturated rings. The number of carbonyl (C=O) groups is 2. The lowest BCUT2D eigenvalue weighted by Crippen LogP contribution is -2.25. The number of unbranched alkanes of at least 4 members (excludes halogenated alkanes) is 38. The summed E-state index contributed by atoms with van der Waals surface area (Å²) in [6, 6.07) is 0. The quantitative estimate of drug-likeness (QED) is 0.0454. The largest absolute Gasteiger partial charge is 0.465 e. The highest BCUT2D eigenvalue weighted by Crippen LogP contribution is 2.21. The van der Waals surface area contributed by atoms with Crippen molar-refractivity contribution in [2.24, 2.45) is 0 Å². The molecule has 0 N–H and O–H groups in total. The van der Waals surface area contributed by atoms with Crippen molar-refractivity contribution in [1.82, 2.24) is 0 Å². The topological polar surface area (TPSA) is 52.6 Å². The molecule has 0 aromatic rings. The van der Waals surface area contributed by atoms with Crippen LogP contribution < -0.4 is 0 Å². The van der Waals surface area contributed by atoms with Crippen LogP contribution in [0.1, 0.15) is 285 Å². The molecule has 5 heteroatoms. The van der Waals surface area contributed by atoms with Crippen LogP contribution in [-0.2, 0) is 19.1 Å². The Morgan fingerprint density at radius 1 is 0.309 bits per heavy atom. The summed E-state index contributed by atoms with van der Waals surface area (Å²) in [7, 11) is 0. The van der Waals surface area contributed by atoms with Gasteiger partial charge < -0.3 is 9.47 Å². The first kappa shape index (κ1) is 54.3. The van der Waals surface area contributed by atoms with Crippen molar-refractivity contribution >= 4 is 23.7 Å². The summed E-state index contributed by atoms with van der Waals surface area (Å²) in [5.74, 6) is -0.423. The van der Waals surface area contributed by atoms with Crippen LogP contribution in [0.4, 0.5) is 0 Å². The van der Waals surface area contributed by atoms with Gasteiger partial charge in [-0.05, 0) is 26.7 Å². The Bertz CT molecular complexity index is 711. The van der Waals surface area contributed by atoms with Crippen molar-refractivity contribution in [3.8, 4) is 0 Å². The van der Waals surface area contributed by atoms with Gasteiger partial charge in [0.2, 0.25) is 0 Å². The van der Waals surface area contributed by atoms with Crippen LogP contribution in [0.5, 0.6) is 0 Å². The fourth-order valence-electron chi connectivity index (χ4n) is 7.71. The lowest BCUT2D eigenvalue weighted by molar-refractivity contribution is -0.142. The van der Waals surface area contributed by atoms with Gasteiger partial charge in [-0.25, -0.2) is 0 Å². The molecular formula is C50H98O4S. The summed E-state index contributed by atoms with van der Waals surface area (Å²) < 4.78 is 11.0. The van der Waals surface area contributed by atoms with E-state index in [-0.39, 0.29) is 22.4 Å². The molecule has 0 aliphatic rings. The van der Waals surface area contributed by atoms with Gasteiger partial charge in [-0.3, -0.25) is 9.59 Å². The molecule has 4 nitrogen and oxygen atoms in total. The number of ether oxygens (including phenoxy) is 2. The molecule has 0 saturated heterocycles. The summed E-state index contributed by atoms with van der Waals surface area (Å²) in [5, 5.41) is -0.709. The highest BCUT2D eigenvalue weighted by atomic mass is 32.2. The minimum Gasteiger partial charge on any atom is -0.465 e. The van der Waals surface area contributed by atoms with E-state index in [0.717, 1.165) is 25.7 Å². The Balaban J connectivity index is 3.44. The van der Waals surface area contributed by atoms with Crippen molar-refractivity contribution in [1.29, 1.82) is 0 Å². The Hall–Kier alpha value is -0.710. The van der Waals surface area contributed by atoms with Gasteiger partial charge in [0.1, 0.15) is 10.5 Å². The number of thioether (sulfide) groups is 1. The number of esters is 2. The van der Waals surface area contributed by atoms with Crippen molar-refractivity contribution in [3.05, 3.63) is 0 Å². The molecule has 0 aromatic heterocycles. The molecule has 0 rings (SSSR count). The van der Waals surface area contributed by atoms with Gasteiger partial charge in [0, 0.05) is 0 Å². The molecule has 0 heterocycles. The van der Waals surface area contributed by atoms with Crippen LogP contribution in [0.2, 0.25) is 0 Å². The molecule has 2 atom stereocenters.